The van der Waals surface area contributed by atoms with E-state index >= 15 is 0 Å². The van der Waals surface area contributed by atoms with Crippen LogP contribution in [0.1, 0.15) is 22.3 Å². The molecule has 6 atom stereocenters. The van der Waals surface area contributed by atoms with Gasteiger partial charge in [-0.05, 0) is 0 Å². The molecule has 0 aromatic carbocycles. The quantitative estimate of drug-likeness (QED) is 0.263. The zero-order valence-corrected chi connectivity index (χ0v) is 22.4. The van der Waals surface area contributed by atoms with E-state index in [0.29, 0.717) is 0 Å². The summed E-state index contributed by atoms with van der Waals surface area (Å²) in [5.41, 5.74) is 0. The van der Waals surface area contributed by atoms with Crippen molar-refractivity contribution in [3.8, 4) is 0 Å². The summed E-state index contributed by atoms with van der Waals surface area (Å²) in [6, 6.07) is 0. The van der Waals surface area contributed by atoms with Gasteiger partial charge >= 0.3 is 82.9 Å². The van der Waals surface area contributed by atoms with E-state index < -0.39 is 48.2 Å². The Bertz CT molecular complexity index is 283. The maximum absolute atomic E-state index is 9.04. The van der Waals surface area contributed by atoms with Crippen LogP contribution in [0.15, 0.2) is 0 Å². The largest absolute Gasteiger partial charge is 3.00 e. The van der Waals surface area contributed by atoms with E-state index in [9.17, 15) is 0 Å². The Kier molecular flexibility index (Phi) is 152. The minimum absolute atomic E-state index is 0. The van der Waals surface area contributed by atoms with Crippen LogP contribution < -0.4 is 29.4 Å². The smallest absolute Gasteiger partial charge is 0.596 e. The molecular formula is C9H30Al2O12P6+6. The summed E-state index contributed by atoms with van der Waals surface area (Å²) < 4.78 is 54.2. The summed E-state index contributed by atoms with van der Waals surface area (Å²) in [5, 5.41) is 0. The summed E-state index contributed by atoms with van der Waals surface area (Å²) in [7, 11) is -12.7. The third-order valence-electron chi connectivity index (χ3n) is 0. The zero-order chi connectivity index (χ0) is 21.5. The first-order chi connectivity index (χ1) is 10.4. The predicted molar refractivity (Wildman–Crippen MR) is 113 cm³/mol. The van der Waals surface area contributed by atoms with E-state index in [-0.39, 0.29) is 57.0 Å². The molecule has 0 aromatic rings. The summed E-state index contributed by atoms with van der Waals surface area (Å²) in [5.74, 6) is 0. The third kappa shape index (κ3) is 10900. The maximum atomic E-state index is 9.04. The second-order valence-corrected chi connectivity index (χ2v) is 7.91. The van der Waals surface area contributed by atoms with Gasteiger partial charge in [0, 0.05) is 0 Å². The summed E-state index contributed by atoms with van der Waals surface area (Å²) in [6.45, 7) is 6.72. The topological polar surface area (TPSA) is 241 Å². The number of hydrogen-bond acceptors (Lipinski definition) is 12. The average molecular weight is 570 g/mol. The van der Waals surface area contributed by atoms with Gasteiger partial charge in [0.25, 0.3) is 0 Å². The molecule has 0 rings (SSSR count). The van der Waals surface area contributed by atoms with Crippen molar-refractivity contribution in [1.82, 2.24) is 0 Å². The first kappa shape index (κ1) is 69.8. The van der Waals surface area contributed by atoms with Crippen LogP contribution in [0.5, 0.6) is 0 Å². The molecule has 20 heteroatoms. The molecule has 0 bridgehead atoms. The van der Waals surface area contributed by atoms with Gasteiger partial charge in [0.05, 0.1) is 0 Å². The molecule has 0 spiro atoms. The normalized spacial score (nSPS) is 9.10. The Balaban J connectivity index is -0.0000000144. The molecule has 168 valence electrons. The van der Waals surface area contributed by atoms with Crippen molar-refractivity contribution < 1.29 is 56.8 Å². The first-order valence-electron chi connectivity index (χ1n) is 4.87. The molecule has 0 radical (unpaired) electrons. The molecule has 0 aliphatic carbocycles. The van der Waals surface area contributed by atoms with E-state index in [0.717, 1.165) is 40.0 Å². The van der Waals surface area contributed by atoms with Crippen molar-refractivity contribution in [2.45, 2.75) is 22.3 Å². The van der Waals surface area contributed by atoms with Crippen molar-refractivity contribution in [2.24, 2.45) is 0 Å². The number of hydrogen-bond donors (Lipinski definition) is 0. The molecule has 0 amide bonds. The SMILES string of the molecule is C.C.C.C[P+](=O)[O-].C[P+](=O)[O-].C[P+](=O)[O-].C[P+](=O)[O-].C[P+](=O)[O-].C[P+](=O)[O-].[Al+3].[Al+3]. The molecule has 0 N–H and O–H groups in total. The van der Waals surface area contributed by atoms with Crippen LogP contribution in [0.4, 0.5) is 0 Å². The Hall–Kier alpha value is 1.42. The molecule has 0 aliphatic heterocycles. The molecule has 0 aliphatic rings. The second kappa shape index (κ2) is 63.0. The first-order valence-corrected chi connectivity index (χ1v) is 14.6. The Morgan fingerprint density at radius 2 is 0.345 bits per heavy atom. The molecule has 0 saturated heterocycles. The van der Waals surface area contributed by atoms with Gasteiger partial charge < -0.3 is 29.4 Å². The molecule has 12 nitrogen and oxygen atoms in total. The van der Waals surface area contributed by atoms with Gasteiger partial charge in [-0.3, -0.25) is 0 Å². The van der Waals surface area contributed by atoms with Crippen molar-refractivity contribution in [3.63, 3.8) is 0 Å². The van der Waals surface area contributed by atoms with E-state index in [1.165, 1.54) is 0 Å². The number of rotatable bonds is 0. The van der Waals surface area contributed by atoms with Crippen LogP contribution in [0.25, 0.3) is 0 Å². The van der Waals surface area contributed by atoms with E-state index in [1.54, 1.807) is 0 Å². The molecule has 0 saturated carbocycles. The summed E-state index contributed by atoms with van der Waals surface area (Å²) in [6.07, 6.45) is 0. The van der Waals surface area contributed by atoms with Crippen LogP contribution in [-0.2, 0) is 27.4 Å². The molecule has 29 heavy (non-hydrogen) atoms. The van der Waals surface area contributed by atoms with Crippen LogP contribution in [0.3, 0.4) is 0 Å². The van der Waals surface area contributed by atoms with Crippen LogP contribution >= 0.6 is 48.2 Å². The van der Waals surface area contributed by atoms with Crippen molar-refractivity contribution in [1.29, 1.82) is 0 Å². The monoisotopic (exact) mass is 570 g/mol. The fraction of sp³-hybridized carbons (Fsp3) is 1.00. The zero-order valence-electron chi connectivity index (χ0n) is 14.7. The second-order valence-electron chi connectivity index (χ2n) is 2.64. The van der Waals surface area contributed by atoms with Gasteiger partial charge in [0.1, 0.15) is 40.0 Å². The van der Waals surface area contributed by atoms with E-state index in [2.05, 4.69) is 0 Å². The summed E-state index contributed by atoms with van der Waals surface area (Å²) >= 11 is 0. The molecule has 6 unspecified atom stereocenters. The molecule has 0 aromatic heterocycles. The van der Waals surface area contributed by atoms with E-state index in [4.69, 9.17) is 56.8 Å². The maximum Gasteiger partial charge on any atom is 3.00 e. The van der Waals surface area contributed by atoms with Crippen LogP contribution in [0.2, 0.25) is 0 Å². The minimum Gasteiger partial charge on any atom is -0.596 e. The van der Waals surface area contributed by atoms with Gasteiger partial charge in [0.2, 0.25) is 0 Å². The fourth-order valence-electron chi connectivity index (χ4n) is 0. The van der Waals surface area contributed by atoms with Gasteiger partial charge in [-0.25, -0.2) is 0 Å². The Morgan fingerprint density at radius 1 is 0.345 bits per heavy atom. The average Bonchev–Trinajstić information content (AvgIpc) is 2.08. The van der Waals surface area contributed by atoms with Crippen molar-refractivity contribution in [2.75, 3.05) is 40.0 Å². The van der Waals surface area contributed by atoms with Crippen molar-refractivity contribution in [3.05, 3.63) is 0 Å². The predicted octanol–water partition coefficient (Wildman–Crippen LogP) is -0.540. The van der Waals surface area contributed by atoms with Crippen LogP contribution in [-0.4, -0.2) is 74.7 Å². The van der Waals surface area contributed by atoms with Gasteiger partial charge in [-0.2, -0.15) is 0 Å². The Morgan fingerprint density at radius 3 is 0.345 bits per heavy atom. The summed E-state index contributed by atoms with van der Waals surface area (Å²) in [4.78, 5) is 54.2. The molecular weight excluding hydrogens is 540 g/mol. The fourth-order valence-corrected chi connectivity index (χ4v) is 0. The van der Waals surface area contributed by atoms with Crippen LogP contribution in [0, 0.1) is 0 Å². The van der Waals surface area contributed by atoms with Gasteiger partial charge in [-0.1, -0.05) is 49.7 Å². The molecule has 0 heterocycles. The minimum atomic E-state index is -2.12. The molecule has 0 fully saturated rings. The van der Waals surface area contributed by atoms with E-state index in [1.807, 2.05) is 0 Å². The standard InChI is InChI=1S/6CH3O2P.3CH4.2Al/c6*1-4(2)3;;;;;/h6*1H3;3*1H4;;/q;;;;;;;;;2*+3. The third-order valence-corrected chi connectivity index (χ3v) is 0. The van der Waals surface area contributed by atoms with Crippen molar-refractivity contribution >= 4 is 82.9 Å². The van der Waals surface area contributed by atoms with Gasteiger partial charge in [0.15, 0.2) is 0 Å². The Labute approximate surface area is 201 Å². The van der Waals surface area contributed by atoms with Gasteiger partial charge in [-0.15, -0.1) is 0 Å².